The molecule has 0 aliphatic carbocycles. The molecular weight excluding hydrogens is 422 g/mol. The number of carbonyl (C=O) groups excluding carboxylic acids is 1. The fourth-order valence-electron chi connectivity index (χ4n) is 3.05. The van der Waals surface area contributed by atoms with Gasteiger partial charge in [0.2, 0.25) is 21.8 Å². The summed E-state index contributed by atoms with van der Waals surface area (Å²) in [4.78, 5) is 18.1. The molecule has 0 saturated heterocycles. The minimum absolute atomic E-state index is 0.0349. The number of rotatable bonds is 8. The fourth-order valence-corrected chi connectivity index (χ4v) is 5.19. The average molecular weight is 448 g/mol. The standard InChI is InChI=1S/C21H25N3O4S2/c1-5-24(6-2)30(26,27)16-10-9-14(3)17(12-16)22-20(25)13-18-15(4)28-21(23-18)19-8-7-11-29-19/h7-12H,5-6,13H2,1-4H3,(H,22,25). The predicted molar refractivity (Wildman–Crippen MR) is 118 cm³/mol. The Hall–Kier alpha value is -2.49. The van der Waals surface area contributed by atoms with Gasteiger partial charge in [0.25, 0.3) is 0 Å². The largest absolute Gasteiger partial charge is 0.440 e. The first-order valence-corrected chi connectivity index (χ1v) is 12.0. The Kier molecular flexibility index (Phi) is 6.74. The van der Waals surface area contributed by atoms with Crippen LogP contribution in [0.1, 0.15) is 30.9 Å². The Balaban J connectivity index is 1.79. The zero-order valence-electron chi connectivity index (χ0n) is 17.4. The Morgan fingerprint density at radius 3 is 2.57 bits per heavy atom. The van der Waals surface area contributed by atoms with E-state index in [4.69, 9.17) is 4.42 Å². The first-order valence-electron chi connectivity index (χ1n) is 9.67. The van der Waals surface area contributed by atoms with Crippen LogP contribution in [-0.2, 0) is 21.2 Å². The summed E-state index contributed by atoms with van der Waals surface area (Å²) in [6.45, 7) is 7.94. The number of hydrogen-bond acceptors (Lipinski definition) is 6. The van der Waals surface area contributed by atoms with Gasteiger partial charge >= 0.3 is 0 Å². The van der Waals surface area contributed by atoms with Crippen molar-refractivity contribution in [3.63, 3.8) is 0 Å². The molecule has 0 aliphatic rings. The number of sulfonamides is 1. The van der Waals surface area contributed by atoms with Crippen molar-refractivity contribution in [2.45, 2.75) is 39.0 Å². The second-order valence-corrected chi connectivity index (χ2v) is 9.68. The van der Waals surface area contributed by atoms with Gasteiger partial charge in [0.05, 0.1) is 21.9 Å². The number of thiophene rings is 1. The lowest BCUT2D eigenvalue weighted by atomic mass is 10.2. The van der Waals surface area contributed by atoms with Crippen molar-refractivity contribution in [2.24, 2.45) is 0 Å². The van der Waals surface area contributed by atoms with Crippen LogP contribution >= 0.6 is 11.3 Å². The molecule has 30 heavy (non-hydrogen) atoms. The third kappa shape index (κ3) is 4.63. The van der Waals surface area contributed by atoms with Crippen molar-refractivity contribution < 1.29 is 17.6 Å². The molecule has 1 amide bonds. The highest BCUT2D eigenvalue weighted by Crippen LogP contribution is 2.27. The Labute approximate surface area is 180 Å². The molecule has 0 aliphatic heterocycles. The summed E-state index contributed by atoms with van der Waals surface area (Å²) in [5.74, 6) is 0.793. The minimum atomic E-state index is -3.61. The summed E-state index contributed by atoms with van der Waals surface area (Å²) in [5.41, 5.74) is 1.80. The number of nitrogens with one attached hydrogen (secondary N) is 1. The highest BCUT2D eigenvalue weighted by Gasteiger charge is 2.23. The number of amides is 1. The molecule has 0 fully saturated rings. The molecule has 0 bridgehead atoms. The molecule has 2 heterocycles. The van der Waals surface area contributed by atoms with E-state index < -0.39 is 10.0 Å². The number of aromatic nitrogens is 1. The molecule has 160 valence electrons. The monoisotopic (exact) mass is 447 g/mol. The van der Waals surface area contributed by atoms with Crippen molar-refractivity contribution in [1.29, 1.82) is 0 Å². The molecule has 0 saturated carbocycles. The zero-order chi connectivity index (χ0) is 21.9. The van der Waals surface area contributed by atoms with Crippen LogP contribution in [0, 0.1) is 13.8 Å². The minimum Gasteiger partial charge on any atom is -0.440 e. The first-order chi connectivity index (χ1) is 14.3. The number of carbonyl (C=O) groups is 1. The maximum absolute atomic E-state index is 12.8. The van der Waals surface area contributed by atoms with E-state index in [1.807, 2.05) is 24.4 Å². The summed E-state index contributed by atoms with van der Waals surface area (Å²) in [5, 5.41) is 4.75. The van der Waals surface area contributed by atoms with Crippen molar-refractivity contribution in [3.8, 4) is 10.8 Å². The van der Waals surface area contributed by atoms with Crippen molar-refractivity contribution in [2.75, 3.05) is 18.4 Å². The van der Waals surface area contributed by atoms with Crippen LogP contribution in [0.25, 0.3) is 10.8 Å². The summed E-state index contributed by atoms with van der Waals surface area (Å²) < 4.78 is 32.6. The van der Waals surface area contributed by atoms with Gasteiger partial charge in [-0.25, -0.2) is 13.4 Å². The zero-order valence-corrected chi connectivity index (χ0v) is 19.1. The normalized spacial score (nSPS) is 11.8. The van der Waals surface area contributed by atoms with Gasteiger partial charge in [-0.1, -0.05) is 26.0 Å². The van der Waals surface area contributed by atoms with E-state index in [-0.39, 0.29) is 17.2 Å². The van der Waals surface area contributed by atoms with E-state index in [1.54, 1.807) is 32.9 Å². The smallest absolute Gasteiger partial charge is 0.243 e. The van der Waals surface area contributed by atoms with Gasteiger partial charge < -0.3 is 9.73 Å². The molecule has 0 spiro atoms. The lowest BCUT2D eigenvalue weighted by Gasteiger charge is -2.19. The van der Waals surface area contributed by atoms with Crippen LogP contribution in [0.3, 0.4) is 0 Å². The molecule has 0 atom stereocenters. The summed E-state index contributed by atoms with van der Waals surface area (Å²) in [7, 11) is -3.61. The van der Waals surface area contributed by atoms with Gasteiger partial charge in [0.1, 0.15) is 5.76 Å². The summed E-state index contributed by atoms with van der Waals surface area (Å²) >= 11 is 1.51. The molecule has 3 aromatic rings. The predicted octanol–water partition coefficient (Wildman–Crippen LogP) is 4.23. The summed E-state index contributed by atoms with van der Waals surface area (Å²) in [6.07, 6.45) is 0.0349. The van der Waals surface area contributed by atoms with Crippen LogP contribution < -0.4 is 5.32 Å². The van der Waals surface area contributed by atoms with Crippen LogP contribution in [-0.4, -0.2) is 36.7 Å². The topological polar surface area (TPSA) is 92.5 Å². The molecule has 9 heteroatoms. The fraction of sp³-hybridized carbons (Fsp3) is 0.333. The molecule has 0 unspecified atom stereocenters. The maximum Gasteiger partial charge on any atom is 0.243 e. The van der Waals surface area contributed by atoms with E-state index >= 15 is 0 Å². The van der Waals surface area contributed by atoms with Gasteiger partial charge in [-0.3, -0.25) is 4.79 Å². The summed E-state index contributed by atoms with van der Waals surface area (Å²) in [6, 6.07) is 8.59. The van der Waals surface area contributed by atoms with Gasteiger partial charge in [0.15, 0.2) is 0 Å². The van der Waals surface area contributed by atoms with Crippen LogP contribution in [0.2, 0.25) is 0 Å². The lowest BCUT2D eigenvalue weighted by Crippen LogP contribution is -2.30. The molecule has 2 aromatic heterocycles. The van der Waals surface area contributed by atoms with E-state index in [2.05, 4.69) is 10.3 Å². The second kappa shape index (κ2) is 9.11. The third-order valence-electron chi connectivity index (χ3n) is 4.78. The van der Waals surface area contributed by atoms with E-state index in [9.17, 15) is 13.2 Å². The lowest BCUT2D eigenvalue weighted by molar-refractivity contribution is -0.115. The van der Waals surface area contributed by atoms with Crippen LogP contribution in [0.5, 0.6) is 0 Å². The highest BCUT2D eigenvalue weighted by atomic mass is 32.2. The number of nitrogens with zero attached hydrogens (tertiary/aromatic N) is 2. The molecule has 1 aromatic carbocycles. The van der Waals surface area contributed by atoms with Gasteiger partial charge in [-0.2, -0.15) is 4.31 Å². The van der Waals surface area contributed by atoms with E-state index in [1.165, 1.54) is 21.7 Å². The Morgan fingerprint density at radius 1 is 1.20 bits per heavy atom. The maximum atomic E-state index is 12.8. The van der Waals surface area contributed by atoms with Gasteiger partial charge in [-0.05, 0) is 43.0 Å². The Bertz CT molecular complexity index is 1130. The Morgan fingerprint density at radius 2 is 1.93 bits per heavy atom. The third-order valence-corrected chi connectivity index (χ3v) is 7.68. The highest BCUT2D eigenvalue weighted by molar-refractivity contribution is 7.89. The van der Waals surface area contributed by atoms with E-state index in [0.717, 1.165) is 10.4 Å². The second-order valence-electron chi connectivity index (χ2n) is 6.79. The van der Waals surface area contributed by atoms with Crippen molar-refractivity contribution in [3.05, 3.63) is 52.7 Å². The molecule has 1 N–H and O–H groups in total. The van der Waals surface area contributed by atoms with Crippen LogP contribution in [0.15, 0.2) is 45.0 Å². The molecule has 7 nitrogen and oxygen atoms in total. The molecular formula is C21H25N3O4S2. The number of benzene rings is 1. The number of oxazole rings is 1. The molecule has 0 radical (unpaired) electrons. The van der Waals surface area contributed by atoms with Crippen molar-refractivity contribution >= 4 is 33.0 Å². The number of aryl methyl sites for hydroxylation is 2. The van der Waals surface area contributed by atoms with Gasteiger partial charge in [0, 0.05) is 18.8 Å². The number of anilines is 1. The number of hydrogen-bond donors (Lipinski definition) is 1. The SMILES string of the molecule is CCN(CC)S(=O)(=O)c1ccc(C)c(NC(=O)Cc2nc(-c3cccs3)oc2C)c1. The van der Waals surface area contributed by atoms with E-state index in [0.29, 0.717) is 36.1 Å². The van der Waals surface area contributed by atoms with Crippen LogP contribution in [0.4, 0.5) is 5.69 Å². The van der Waals surface area contributed by atoms with Gasteiger partial charge in [-0.15, -0.1) is 11.3 Å². The van der Waals surface area contributed by atoms with Crippen molar-refractivity contribution in [1.82, 2.24) is 9.29 Å². The average Bonchev–Trinajstić information content (AvgIpc) is 3.34. The quantitative estimate of drug-likeness (QED) is 0.558. The molecule has 3 rings (SSSR count). The first kappa shape index (κ1) is 22.2.